The molecule has 0 aromatic heterocycles. The van der Waals surface area contributed by atoms with Crippen LogP contribution < -0.4 is 9.46 Å². The van der Waals surface area contributed by atoms with Crippen molar-refractivity contribution < 1.29 is 27.8 Å². The second-order valence-electron chi connectivity index (χ2n) is 8.18. The third-order valence-electron chi connectivity index (χ3n) is 5.16. The maximum absolute atomic E-state index is 12.3. The van der Waals surface area contributed by atoms with E-state index in [0.29, 0.717) is 17.9 Å². The Balaban J connectivity index is 2.25. The van der Waals surface area contributed by atoms with E-state index in [1.807, 2.05) is 0 Å². The van der Waals surface area contributed by atoms with Crippen LogP contribution in [0, 0.1) is 11.3 Å². The number of carbonyl (C=O) groups excluding carboxylic acids is 1. The van der Waals surface area contributed by atoms with Gasteiger partial charge < -0.3 is 14.6 Å². The maximum Gasteiger partial charge on any atom is 0.352 e. The molecule has 0 aliphatic rings. The molecule has 0 atom stereocenters. The molecule has 0 aliphatic carbocycles. The van der Waals surface area contributed by atoms with Gasteiger partial charge in [0.25, 0.3) is 0 Å². The quantitative estimate of drug-likeness (QED) is 0.0890. The number of nitriles is 1. The van der Waals surface area contributed by atoms with E-state index in [9.17, 15) is 18.3 Å². The first kappa shape index (κ1) is 29.3. The molecule has 1 aromatic rings. The van der Waals surface area contributed by atoms with Gasteiger partial charge in [-0.1, -0.05) is 64.7 Å². The van der Waals surface area contributed by atoms with E-state index < -0.39 is 27.3 Å². The van der Waals surface area contributed by atoms with E-state index in [2.05, 4.69) is 11.6 Å². The first-order chi connectivity index (χ1) is 16.3. The van der Waals surface area contributed by atoms with E-state index in [0.717, 1.165) is 19.3 Å². The van der Waals surface area contributed by atoms with Crippen molar-refractivity contribution in [2.75, 3.05) is 23.7 Å². The number of anilines is 1. The second-order valence-corrected chi connectivity index (χ2v) is 10.0. The van der Waals surface area contributed by atoms with E-state index in [1.54, 1.807) is 30.3 Å². The molecule has 9 heteroatoms. The summed E-state index contributed by atoms with van der Waals surface area (Å²) < 4.78 is 37.4. The number of allylic oxidation sites excluding steroid dienone is 1. The number of hydrogen-bond donors (Lipinski definition) is 2. The Morgan fingerprint density at radius 2 is 1.53 bits per heavy atom. The number of hydrogen-bond acceptors (Lipinski definition) is 7. The van der Waals surface area contributed by atoms with Gasteiger partial charge in [-0.3, -0.25) is 4.72 Å². The number of nitrogens with one attached hydrogen (secondary N) is 1. The molecule has 0 radical (unpaired) electrons. The van der Waals surface area contributed by atoms with Crippen LogP contribution in [-0.2, 0) is 19.6 Å². The average Bonchev–Trinajstić information content (AvgIpc) is 2.79. The van der Waals surface area contributed by atoms with Crippen LogP contribution in [0.5, 0.6) is 5.75 Å². The van der Waals surface area contributed by atoms with Crippen molar-refractivity contribution >= 4 is 21.7 Å². The minimum atomic E-state index is -3.40. The topological polar surface area (TPSA) is 126 Å². The molecule has 0 fully saturated rings. The highest BCUT2D eigenvalue weighted by Crippen LogP contribution is 2.18. The summed E-state index contributed by atoms with van der Waals surface area (Å²) >= 11 is 0. The number of rotatable bonds is 18. The third kappa shape index (κ3) is 13.1. The predicted molar refractivity (Wildman–Crippen MR) is 133 cm³/mol. The summed E-state index contributed by atoms with van der Waals surface area (Å²) in [6.45, 7) is 3.37. The van der Waals surface area contributed by atoms with E-state index in [4.69, 9.17) is 14.7 Å². The summed E-state index contributed by atoms with van der Waals surface area (Å²) in [6.07, 6.45) is 11.5. The number of aliphatic hydroxyl groups excluding tert-OH is 1. The first-order valence-electron chi connectivity index (χ1n) is 12.0. The Morgan fingerprint density at radius 3 is 2.06 bits per heavy atom. The first-order valence-corrected chi connectivity index (χ1v) is 13.6. The fraction of sp³-hybridized carbons (Fsp3) is 0.600. The highest BCUT2D eigenvalue weighted by Gasteiger charge is 2.14. The molecule has 1 aromatic carbocycles. The van der Waals surface area contributed by atoms with E-state index in [-0.39, 0.29) is 19.0 Å². The summed E-state index contributed by atoms with van der Waals surface area (Å²) in [5.74, 6) is -0.750. The number of sulfonamides is 1. The van der Waals surface area contributed by atoms with Gasteiger partial charge in [-0.15, -0.1) is 0 Å². The molecular weight excluding hydrogens is 456 g/mol. The van der Waals surface area contributed by atoms with Gasteiger partial charge in [0.1, 0.15) is 30.8 Å². The van der Waals surface area contributed by atoms with Gasteiger partial charge in [0.15, 0.2) is 5.57 Å². The lowest BCUT2D eigenvalue weighted by Gasteiger charge is -2.10. The van der Waals surface area contributed by atoms with Crippen LogP contribution in [0.3, 0.4) is 0 Å². The Labute approximate surface area is 204 Å². The lowest BCUT2D eigenvalue weighted by atomic mass is 10.1. The number of aliphatic hydroxyl groups is 1. The van der Waals surface area contributed by atoms with Crippen molar-refractivity contribution in [1.82, 2.24) is 0 Å². The lowest BCUT2D eigenvalue weighted by Crippen LogP contribution is -2.16. The molecule has 0 unspecified atom stereocenters. The smallest absolute Gasteiger partial charge is 0.352 e. The Hall–Kier alpha value is -2.73. The molecule has 1 rings (SSSR count). The Kier molecular flexibility index (Phi) is 14.5. The SMILES string of the molecule is CCCCCCCCCCCCS(=O)(=O)Nc1ccc(OCCOC(=O)/C(C#N)=C(/C)O)cc1. The van der Waals surface area contributed by atoms with Crippen molar-refractivity contribution in [2.45, 2.75) is 78.1 Å². The molecule has 0 aliphatic heterocycles. The highest BCUT2D eigenvalue weighted by atomic mass is 32.2. The number of esters is 1. The van der Waals surface area contributed by atoms with Crippen molar-refractivity contribution in [3.63, 3.8) is 0 Å². The highest BCUT2D eigenvalue weighted by molar-refractivity contribution is 7.92. The summed E-state index contributed by atoms with van der Waals surface area (Å²) in [7, 11) is -3.40. The van der Waals surface area contributed by atoms with Crippen LogP contribution in [0.4, 0.5) is 5.69 Å². The van der Waals surface area contributed by atoms with Gasteiger partial charge in [-0.25, -0.2) is 13.2 Å². The molecular formula is C25H38N2O6S. The number of carbonyl (C=O) groups is 1. The fourth-order valence-electron chi connectivity index (χ4n) is 3.27. The number of nitrogens with zero attached hydrogens (tertiary/aromatic N) is 1. The lowest BCUT2D eigenvalue weighted by molar-refractivity contribution is -0.139. The summed E-state index contributed by atoms with van der Waals surface area (Å²) in [5.41, 5.74) is 0.00233. The van der Waals surface area contributed by atoms with Gasteiger partial charge in [0, 0.05) is 5.69 Å². The standard InChI is InChI=1S/C25H38N2O6S/c1-3-4-5-6-7-8-9-10-11-12-19-34(30,31)27-22-13-15-23(16-14-22)32-17-18-33-25(29)24(20-26)21(2)28/h13-16,27-28H,3-12,17-19H2,1-2H3/b24-21-. The molecule has 34 heavy (non-hydrogen) atoms. The van der Waals surface area contributed by atoms with Gasteiger partial charge in [0.05, 0.1) is 5.75 Å². The van der Waals surface area contributed by atoms with E-state index >= 15 is 0 Å². The van der Waals surface area contributed by atoms with Crippen LogP contribution in [0.25, 0.3) is 0 Å². The van der Waals surface area contributed by atoms with Crippen LogP contribution in [0.2, 0.25) is 0 Å². The number of benzene rings is 1. The third-order valence-corrected chi connectivity index (χ3v) is 6.53. The monoisotopic (exact) mass is 494 g/mol. The molecule has 0 saturated heterocycles. The number of ether oxygens (including phenoxy) is 2. The molecule has 0 spiro atoms. The Morgan fingerprint density at radius 1 is 0.971 bits per heavy atom. The van der Waals surface area contributed by atoms with Crippen molar-refractivity contribution in [2.24, 2.45) is 0 Å². The van der Waals surface area contributed by atoms with Gasteiger partial charge in [-0.05, 0) is 37.6 Å². The van der Waals surface area contributed by atoms with Gasteiger partial charge >= 0.3 is 5.97 Å². The molecule has 8 nitrogen and oxygen atoms in total. The molecule has 0 bridgehead atoms. The zero-order valence-corrected chi connectivity index (χ0v) is 21.2. The van der Waals surface area contributed by atoms with Crippen LogP contribution >= 0.6 is 0 Å². The van der Waals surface area contributed by atoms with Crippen LogP contribution in [0.1, 0.15) is 78.1 Å². The molecule has 0 saturated carbocycles. The normalized spacial score (nSPS) is 11.9. The van der Waals surface area contributed by atoms with Crippen molar-refractivity contribution in [1.29, 1.82) is 5.26 Å². The van der Waals surface area contributed by atoms with Gasteiger partial charge in [0.2, 0.25) is 10.0 Å². The number of unbranched alkanes of at least 4 members (excludes halogenated alkanes) is 9. The Bertz CT molecular complexity index is 900. The maximum atomic E-state index is 12.3. The zero-order chi connectivity index (χ0) is 25.2. The minimum absolute atomic E-state index is 0.0404. The minimum Gasteiger partial charge on any atom is -0.511 e. The van der Waals surface area contributed by atoms with Crippen molar-refractivity contribution in [3.05, 3.63) is 35.6 Å². The average molecular weight is 495 g/mol. The van der Waals surface area contributed by atoms with Crippen LogP contribution in [0.15, 0.2) is 35.6 Å². The van der Waals surface area contributed by atoms with Crippen molar-refractivity contribution in [3.8, 4) is 11.8 Å². The molecule has 0 heterocycles. The second kappa shape index (κ2) is 16.8. The molecule has 190 valence electrons. The summed E-state index contributed by atoms with van der Waals surface area (Å²) in [5, 5.41) is 18.0. The summed E-state index contributed by atoms with van der Waals surface area (Å²) in [6, 6.07) is 7.99. The molecule has 2 N–H and O–H groups in total. The van der Waals surface area contributed by atoms with E-state index in [1.165, 1.54) is 45.4 Å². The summed E-state index contributed by atoms with van der Waals surface area (Å²) in [4.78, 5) is 11.6. The molecule has 0 amide bonds. The van der Waals surface area contributed by atoms with Crippen LogP contribution in [-0.4, -0.2) is 38.5 Å². The zero-order valence-electron chi connectivity index (χ0n) is 20.3. The largest absolute Gasteiger partial charge is 0.511 e. The predicted octanol–water partition coefficient (Wildman–Crippen LogP) is 5.63. The fourth-order valence-corrected chi connectivity index (χ4v) is 4.45. The van der Waals surface area contributed by atoms with Gasteiger partial charge in [-0.2, -0.15) is 5.26 Å².